The molecule has 0 heterocycles. The number of carboxylic acid groups (broad SMARTS) is 1. The van der Waals surface area contributed by atoms with Crippen LogP contribution in [0.25, 0.3) is 0 Å². The number of carboxylic acids is 1. The van der Waals surface area contributed by atoms with Crippen molar-refractivity contribution in [1.29, 1.82) is 0 Å². The molecular formula is C13H23NO3. The van der Waals surface area contributed by atoms with Crippen LogP contribution >= 0.6 is 0 Å². The number of carbonyl (C=O) groups is 2. The predicted molar refractivity (Wildman–Crippen MR) is 65.7 cm³/mol. The van der Waals surface area contributed by atoms with Gasteiger partial charge in [-0.1, -0.05) is 32.6 Å². The molecule has 0 aromatic rings. The Hall–Kier alpha value is -1.06. The molecule has 0 radical (unpaired) electrons. The molecule has 0 saturated heterocycles. The predicted octanol–water partition coefficient (Wildman–Crippen LogP) is 2.33. The quantitative estimate of drug-likeness (QED) is 0.750. The molecule has 0 bridgehead atoms. The number of amides is 1. The lowest BCUT2D eigenvalue weighted by Crippen LogP contribution is -2.50. The molecule has 1 fully saturated rings. The van der Waals surface area contributed by atoms with E-state index in [4.69, 9.17) is 0 Å². The van der Waals surface area contributed by atoms with E-state index in [1.807, 2.05) is 0 Å². The van der Waals surface area contributed by atoms with Crippen LogP contribution in [-0.4, -0.2) is 23.0 Å². The van der Waals surface area contributed by atoms with Crippen molar-refractivity contribution in [1.82, 2.24) is 5.32 Å². The molecule has 0 spiro atoms. The lowest BCUT2D eigenvalue weighted by molar-refractivity contribution is -0.151. The van der Waals surface area contributed by atoms with Crippen LogP contribution < -0.4 is 5.32 Å². The number of hydrogen-bond donors (Lipinski definition) is 2. The topological polar surface area (TPSA) is 66.4 Å². The van der Waals surface area contributed by atoms with Crippen molar-refractivity contribution in [2.75, 3.05) is 0 Å². The zero-order valence-corrected chi connectivity index (χ0v) is 10.8. The maximum atomic E-state index is 11.6. The van der Waals surface area contributed by atoms with Crippen LogP contribution in [-0.2, 0) is 9.59 Å². The summed E-state index contributed by atoms with van der Waals surface area (Å²) in [5, 5.41) is 12.4. The van der Waals surface area contributed by atoms with Crippen molar-refractivity contribution in [3.05, 3.63) is 0 Å². The van der Waals surface area contributed by atoms with Gasteiger partial charge in [-0.25, -0.2) is 0 Å². The van der Waals surface area contributed by atoms with Crippen molar-refractivity contribution in [3.63, 3.8) is 0 Å². The number of aliphatic carboxylic acids is 1. The van der Waals surface area contributed by atoms with E-state index in [1.165, 1.54) is 6.92 Å². The van der Waals surface area contributed by atoms with Crippen molar-refractivity contribution in [3.8, 4) is 0 Å². The highest BCUT2D eigenvalue weighted by Gasteiger charge is 2.47. The fourth-order valence-corrected chi connectivity index (χ4v) is 2.86. The highest BCUT2D eigenvalue weighted by molar-refractivity contribution is 5.79. The Morgan fingerprint density at radius 3 is 2.35 bits per heavy atom. The van der Waals surface area contributed by atoms with Gasteiger partial charge in [0.05, 0.1) is 5.41 Å². The molecule has 98 valence electrons. The molecule has 1 rings (SSSR count). The molecule has 0 aromatic carbocycles. The SMILES string of the molecule is CCCCC(NC(C)=O)C1(C(=O)O)CCCC1. The zero-order valence-electron chi connectivity index (χ0n) is 10.8. The van der Waals surface area contributed by atoms with Crippen molar-refractivity contribution < 1.29 is 14.7 Å². The fraction of sp³-hybridized carbons (Fsp3) is 0.846. The minimum atomic E-state index is -0.746. The van der Waals surface area contributed by atoms with E-state index < -0.39 is 11.4 Å². The van der Waals surface area contributed by atoms with E-state index in [0.717, 1.165) is 32.1 Å². The number of hydrogen-bond acceptors (Lipinski definition) is 2. The molecule has 1 amide bonds. The van der Waals surface area contributed by atoms with Crippen LogP contribution in [0.1, 0.15) is 58.8 Å². The van der Waals surface area contributed by atoms with Crippen LogP contribution in [0.4, 0.5) is 0 Å². The van der Waals surface area contributed by atoms with Crippen molar-refractivity contribution in [2.24, 2.45) is 5.41 Å². The largest absolute Gasteiger partial charge is 0.481 e. The molecule has 0 aromatic heterocycles. The van der Waals surface area contributed by atoms with Gasteiger partial charge in [0.15, 0.2) is 0 Å². The summed E-state index contributed by atoms with van der Waals surface area (Å²) in [6.07, 6.45) is 6.03. The van der Waals surface area contributed by atoms with Crippen LogP contribution in [0.15, 0.2) is 0 Å². The molecule has 4 nitrogen and oxygen atoms in total. The first kappa shape index (κ1) is 14.0. The summed E-state index contributed by atoms with van der Waals surface area (Å²) >= 11 is 0. The first-order valence-electron chi connectivity index (χ1n) is 6.53. The van der Waals surface area contributed by atoms with Gasteiger partial charge in [0, 0.05) is 13.0 Å². The third-order valence-electron chi connectivity index (χ3n) is 3.81. The van der Waals surface area contributed by atoms with Crippen LogP contribution in [0, 0.1) is 5.41 Å². The lowest BCUT2D eigenvalue weighted by Gasteiger charge is -2.34. The molecule has 2 N–H and O–H groups in total. The molecule has 1 aliphatic rings. The highest BCUT2D eigenvalue weighted by atomic mass is 16.4. The number of nitrogens with one attached hydrogen (secondary N) is 1. The molecular weight excluding hydrogens is 218 g/mol. The highest BCUT2D eigenvalue weighted by Crippen LogP contribution is 2.42. The zero-order chi connectivity index (χ0) is 12.9. The van der Waals surface area contributed by atoms with Gasteiger partial charge in [-0.15, -0.1) is 0 Å². The summed E-state index contributed by atoms with van der Waals surface area (Å²) in [5.74, 6) is -0.872. The second-order valence-corrected chi connectivity index (χ2v) is 5.06. The van der Waals surface area contributed by atoms with E-state index in [0.29, 0.717) is 12.8 Å². The van der Waals surface area contributed by atoms with Gasteiger partial charge < -0.3 is 10.4 Å². The molecule has 17 heavy (non-hydrogen) atoms. The van der Waals surface area contributed by atoms with Crippen molar-refractivity contribution in [2.45, 2.75) is 64.8 Å². The molecule has 1 saturated carbocycles. The van der Waals surface area contributed by atoms with E-state index in [9.17, 15) is 14.7 Å². The standard InChI is InChI=1S/C13H23NO3/c1-3-4-7-11(14-10(2)15)13(12(16)17)8-5-6-9-13/h11H,3-9H2,1-2H3,(H,14,15)(H,16,17). The van der Waals surface area contributed by atoms with Crippen LogP contribution in [0.5, 0.6) is 0 Å². The summed E-state index contributed by atoms with van der Waals surface area (Å²) < 4.78 is 0. The van der Waals surface area contributed by atoms with Gasteiger partial charge in [-0.3, -0.25) is 9.59 Å². The summed E-state index contributed by atoms with van der Waals surface area (Å²) in [6.45, 7) is 3.54. The van der Waals surface area contributed by atoms with Gasteiger partial charge in [0.1, 0.15) is 0 Å². The Balaban J connectivity index is 2.83. The summed E-state index contributed by atoms with van der Waals surface area (Å²) in [5.41, 5.74) is -0.721. The molecule has 1 atom stereocenters. The molecule has 1 unspecified atom stereocenters. The maximum absolute atomic E-state index is 11.6. The second kappa shape index (κ2) is 6.03. The average molecular weight is 241 g/mol. The lowest BCUT2D eigenvalue weighted by atomic mass is 9.76. The summed E-state index contributed by atoms with van der Waals surface area (Å²) in [4.78, 5) is 22.8. The van der Waals surface area contributed by atoms with Crippen LogP contribution in [0.3, 0.4) is 0 Å². The van der Waals surface area contributed by atoms with Gasteiger partial charge in [-0.05, 0) is 19.3 Å². The normalized spacial score (nSPS) is 19.9. The van der Waals surface area contributed by atoms with E-state index in [-0.39, 0.29) is 11.9 Å². The molecule has 0 aliphatic heterocycles. The van der Waals surface area contributed by atoms with E-state index in [1.54, 1.807) is 0 Å². The number of unbranched alkanes of at least 4 members (excludes halogenated alkanes) is 1. The molecule has 4 heteroatoms. The average Bonchev–Trinajstić information content (AvgIpc) is 2.73. The maximum Gasteiger partial charge on any atom is 0.311 e. The minimum absolute atomic E-state index is 0.126. The number of rotatable bonds is 6. The summed E-state index contributed by atoms with van der Waals surface area (Å²) in [7, 11) is 0. The minimum Gasteiger partial charge on any atom is -0.481 e. The van der Waals surface area contributed by atoms with Gasteiger partial charge in [0.2, 0.25) is 5.91 Å². The Bertz CT molecular complexity index is 282. The Labute approximate surface area is 103 Å². The fourth-order valence-electron chi connectivity index (χ4n) is 2.86. The number of carbonyl (C=O) groups excluding carboxylic acids is 1. The third kappa shape index (κ3) is 3.20. The molecule has 1 aliphatic carbocycles. The smallest absolute Gasteiger partial charge is 0.311 e. The Morgan fingerprint density at radius 1 is 1.35 bits per heavy atom. The Morgan fingerprint density at radius 2 is 1.94 bits per heavy atom. The van der Waals surface area contributed by atoms with Gasteiger partial charge in [0.25, 0.3) is 0 Å². The van der Waals surface area contributed by atoms with Gasteiger partial charge in [-0.2, -0.15) is 0 Å². The van der Waals surface area contributed by atoms with Gasteiger partial charge >= 0.3 is 5.97 Å². The van der Waals surface area contributed by atoms with E-state index >= 15 is 0 Å². The second-order valence-electron chi connectivity index (χ2n) is 5.06. The Kier molecular flexibility index (Phi) is 4.97. The third-order valence-corrected chi connectivity index (χ3v) is 3.81. The first-order valence-corrected chi connectivity index (χ1v) is 6.53. The summed E-state index contributed by atoms with van der Waals surface area (Å²) in [6, 6.07) is -0.208. The first-order chi connectivity index (χ1) is 8.03. The van der Waals surface area contributed by atoms with Crippen LogP contribution in [0.2, 0.25) is 0 Å². The van der Waals surface area contributed by atoms with E-state index in [2.05, 4.69) is 12.2 Å². The van der Waals surface area contributed by atoms with Crippen molar-refractivity contribution >= 4 is 11.9 Å². The monoisotopic (exact) mass is 241 g/mol.